The summed E-state index contributed by atoms with van der Waals surface area (Å²) in [6.45, 7) is 5.20. The van der Waals surface area contributed by atoms with Crippen molar-refractivity contribution in [3.05, 3.63) is 46.7 Å². The monoisotopic (exact) mass is 439 g/mol. The molecule has 1 N–H and O–H groups in total. The predicted molar refractivity (Wildman–Crippen MR) is 120 cm³/mol. The molecule has 3 unspecified atom stereocenters. The van der Waals surface area contributed by atoms with Crippen molar-refractivity contribution in [2.45, 2.75) is 69.4 Å². The quantitative estimate of drug-likeness (QED) is 0.744. The standard InChI is InChI=1S/C25H30ClN3O2/c1-24(2)7-8-28(21-16-9-15-10-17(21)13-25(31,11-15)12-16)23(30)20-14-27-29(22(20)24)19-5-3-18(26)4-6-19/h3-6,14-17,21,31H,7-13H2,1-2H3/t15?,16-,17+,21?,25?. The highest BCUT2D eigenvalue weighted by Crippen LogP contribution is 2.57. The van der Waals surface area contributed by atoms with Crippen LogP contribution in [0.2, 0.25) is 5.02 Å². The van der Waals surface area contributed by atoms with E-state index in [1.54, 1.807) is 6.20 Å². The summed E-state index contributed by atoms with van der Waals surface area (Å²) in [6, 6.07) is 7.89. The van der Waals surface area contributed by atoms with E-state index in [2.05, 4.69) is 23.8 Å². The lowest BCUT2D eigenvalue weighted by atomic mass is 9.52. The molecule has 0 spiro atoms. The number of amides is 1. The van der Waals surface area contributed by atoms with Crippen LogP contribution >= 0.6 is 11.6 Å². The molecule has 7 rings (SSSR count). The molecule has 1 aromatic heterocycles. The number of rotatable bonds is 2. The number of carbonyl (C=O) groups is 1. The van der Waals surface area contributed by atoms with E-state index in [0.29, 0.717) is 22.8 Å². The van der Waals surface area contributed by atoms with Crippen molar-refractivity contribution in [2.24, 2.45) is 17.8 Å². The maximum Gasteiger partial charge on any atom is 0.257 e. The van der Waals surface area contributed by atoms with Gasteiger partial charge in [0.05, 0.1) is 28.7 Å². The maximum absolute atomic E-state index is 13.9. The number of aromatic nitrogens is 2. The van der Waals surface area contributed by atoms with E-state index >= 15 is 0 Å². The largest absolute Gasteiger partial charge is 0.390 e. The predicted octanol–water partition coefficient (Wildman–Crippen LogP) is 4.59. The Morgan fingerprint density at radius 2 is 1.77 bits per heavy atom. The molecule has 2 heterocycles. The molecular formula is C25H30ClN3O2. The minimum atomic E-state index is -0.480. The van der Waals surface area contributed by atoms with Gasteiger partial charge >= 0.3 is 0 Å². The SMILES string of the molecule is CC1(C)CCN(C2[C@@H]3CC4C[C@H]2CC(O)(C4)C3)C(=O)c2cnn(-c3ccc(Cl)cc3)c21. The van der Waals surface area contributed by atoms with Crippen molar-refractivity contribution in [1.29, 1.82) is 0 Å². The summed E-state index contributed by atoms with van der Waals surface area (Å²) in [5.74, 6) is 1.61. The van der Waals surface area contributed by atoms with Gasteiger partial charge in [-0.15, -0.1) is 0 Å². The Balaban J connectivity index is 1.39. The minimum absolute atomic E-state index is 0.116. The summed E-state index contributed by atoms with van der Waals surface area (Å²) in [5.41, 5.74) is 1.98. The van der Waals surface area contributed by atoms with Crippen LogP contribution in [0.4, 0.5) is 0 Å². The molecule has 1 aliphatic heterocycles. The summed E-state index contributed by atoms with van der Waals surface area (Å²) >= 11 is 6.09. The van der Waals surface area contributed by atoms with E-state index < -0.39 is 5.60 Å². The first-order valence-electron chi connectivity index (χ1n) is 11.6. The Hall–Kier alpha value is -1.85. The Bertz CT molecular complexity index is 1030. The number of benzene rings is 1. The lowest BCUT2D eigenvalue weighted by Crippen LogP contribution is -2.62. The maximum atomic E-state index is 13.9. The minimum Gasteiger partial charge on any atom is -0.390 e. The van der Waals surface area contributed by atoms with Crippen LogP contribution < -0.4 is 0 Å². The van der Waals surface area contributed by atoms with E-state index in [4.69, 9.17) is 11.6 Å². The smallest absolute Gasteiger partial charge is 0.257 e. The molecule has 4 saturated carbocycles. The van der Waals surface area contributed by atoms with Gasteiger partial charge in [-0.3, -0.25) is 4.79 Å². The first-order valence-corrected chi connectivity index (χ1v) is 12.0. The molecule has 0 saturated heterocycles. The van der Waals surface area contributed by atoms with Crippen molar-refractivity contribution in [3.63, 3.8) is 0 Å². The summed E-state index contributed by atoms with van der Waals surface area (Å²) in [5, 5.41) is 16.3. The molecular weight excluding hydrogens is 410 g/mol. The highest BCUT2D eigenvalue weighted by atomic mass is 35.5. The number of hydrogen-bond donors (Lipinski definition) is 1. The van der Waals surface area contributed by atoms with Crippen LogP contribution in [0.15, 0.2) is 30.5 Å². The second-order valence-electron chi connectivity index (χ2n) is 11.1. The third-order valence-electron chi connectivity index (χ3n) is 8.50. The van der Waals surface area contributed by atoms with E-state index in [-0.39, 0.29) is 17.4 Å². The lowest BCUT2D eigenvalue weighted by Gasteiger charge is -2.60. The average Bonchev–Trinajstić information content (AvgIpc) is 3.11. The zero-order valence-electron chi connectivity index (χ0n) is 18.2. The van der Waals surface area contributed by atoms with Crippen LogP contribution in [-0.4, -0.2) is 43.9 Å². The van der Waals surface area contributed by atoms with Crippen molar-refractivity contribution >= 4 is 17.5 Å². The first kappa shape index (κ1) is 19.8. The van der Waals surface area contributed by atoms with E-state index in [1.807, 2.05) is 28.9 Å². The highest BCUT2D eigenvalue weighted by Gasteiger charge is 2.57. The van der Waals surface area contributed by atoms with E-state index in [0.717, 1.165) is 62.0 Å². The number of fused-ring (bicyclic) bond motifs is 1. The van der Waals surface area contributed by atoms with E-state index in [9.17, 15) is 9.90 Å². The van der Waals surface area contributed by atoms with Gasteiger partial charge in [-0.1, -0.05) is 25.4 Å². The second-order valence-corrected chi connectivity index (χ2v) is 11.5. The fourth-order valence-electron chi connectivity index (χ4n) is 7.46. The van der Waals surface area contributed by atoms with Crippen LogP contribution in [0.5, 0.6) is 0 Å². The van der Waals surface area contributed by atoms with Gasteiger partial charge in [0.15, 0.2) is 0 Å². The van der Waals surface area contributed by atoms with Crippen molar-refractivity contribution < 1.29 is 9.90 Å². The summed E-state index contributed by atoms with van der Waals surface area (Å²) in [4.78, 5) is 16.1. The van der Waals surface area contributed by atoms with Gasteiger partial charge in [0.25, 0.3) is 5.91 Å². The van der Waals surface area contributed by atoms with Crippen molar-refractivity contribution in [1.82, 2.24) is 14.7 Å². The molecule has 2 aromatic rings. The van der Waals surface area contributed by atoms with Gasteiger partial charge in [0.2, 0.25) is 0 Å². The molecule has 0 radical (unpaired) electrons. The van der Waals surface area contributed by atoms with Gasteiger partial charge < -0.3 is 10.0 Å². The zero-order valence-corrected chi connectivity index (χ0v) is 19.0. The molecule has 4 aliphatic carbocycles. The van der Waals surface area contributed by atoms with Gasteiger partial charge in [-0.25, -0.2) is 4.68 Å². The Kier molecular flexibility index (Phi) is 4.21. The molecule has 4 bridgehead atoms. The molecule has 4 fully saturated rings. The van der Waals surface area contributed by atoms with Crippen LogP contribution in [0.25, 0.3) is 5.69 Å². The lowest BCUT2D eigenvalue weighted by molar-refractivity contribution is -0.154. The Labute approximate surface area is 188 Å². The van der Waals surface area contributed by atoms with Crippen LogP contribution in [0.1, 0.15) is 68.4 Å². The summed E-state index contributed by atoms with van der Waals surface area (Å²) < 4.78 is 1.92. The fourth-order valence-corrected chi connectivity index (χ4v) is 7.58. The van der Waals surface area contributed by atoms with Crippen LogP contribution in [0.3, 0.4) is 0 Å². The second kappa shape index (κ2) is 6.58. The van der Waals surface area contributed by atoms with Crippen molar-refractivity contribution in [2.75, 3.05) is 6.54 Å². The molecule has 1 amide bonds. The molecule has 1 aromatic carbocycles. The van der Waals surface area contributed by atoms with Gasteiger partial charge in [0, 0.05) is 23.0 Å². The fraction of sp³-hybridized carbons (Fsp3) is 0.600. The van der Waals surface area contributed by atoms with Gasteiger partial charge in [-0.05, 0) is 80.5 Å². The third-order valence-corrected chi connectivity index (χ3v) is 8.75. The highest BCUT2D eigenvalue weighted by molar-refractivity contribution is 6.30. The molecule has 6 heteroatoms. The normalized spacial score (nSPS) is 35.9. The molecule has 5 atom stereocenters. The van der Waals surface area contributed by atoms with Crippen molar-refractivity contribution in [3.8, 4) is 5.69 Å². The number of aliphatic hydroxyl groups is 1. The Morgan fingerprint density at radius 1 is 1.10 bits per heavy atom. The zero-order chi connectivity index (χ0) is 21.5. The number of hydrogen-bond acceptors (Lipinski definition) is 3. The topological polar surface area (TPSA) is 58.4 Å². The molecule has 31 heavy (non-hydrogen) atoms. The van der Waals surface area contributed by atoms with E-state index in [1.165, 1.54) is 0 Å². The number of nitrogens with zero attached hydrogens (tertiary/aromatic N) is 3. The number of carbonyl (C=O) groups excluding carboxylic acids is 1. The molecule has 164 valence electrons. The van der Waals surface area contributed by atoms with Crippen LogP contribution in [-0.2, 0) is 5.41 Å². The third kappa shape index (κ3) is 3.00. The number of halogens is 1. The van der Waals surface area contributed by atoms with Crippen LogP contribution in [0, 0.1) is 17.8 Å². The summed E-state index contributed by atoms with van der Waals surface area (Å²) in [6.07, 6.45) is 7.65. The average molecular weight is 440 g/mol. The summed E-state index contributed by atoms with van der Waals surface area (Å²) in [7, 11) is 0. The van der Waals surface area contributed by atoms with Gasteiger partial charge in [0.1, 0.15) is 0 Å². The molecule has 5 nitrogen and oxygen atoms in total. The molecule has 5 aliphatic rings. The first-order chi connectivity index (χ1) is 14.7. The van der Waals surface area contributed by atoms with Gasteiger partial charge in [-0.2, -0.15) is 5.10 Å². The Morgan fingerprint density at radius 3 is 2.42 bits per heavy atom.